The molecule has 0 saturated heterocycles. The standard InChI is InChI=1S/C81H152O17P2/c1-5-9-13-17-21-25-29-33-37-41-45-49-53-57-61-65-78(83)91-71-76(97-80(85)67-63-59-55-51-47-43-39-35-31-27-23-19-15-11-7-3)73-95-99(87,88)93-69-75(82)70-94-100(89,90)96-74-77(98-81(86)68-64-60-56-52-48-44-40-36-32-28-24-20-16-12-8-4)72-92-79(84)66-62-58-54-50-46-42-38-34-30-26-22-18-14-10-6-2/h33-35,37-39,75-77,82H,5-32,36,40-74H2,1-4H3,(H,87,88)(H,89,90)/b37-33-,38-34-,39-35-. The van der Waals surface area contributed by atoms with Gasteiger partial charge in [-0.2, -0.15) is 0 Å². The highest BCUT2D eigenvalue weighted by molar-refractivity contribution is 7.47. The van der Waals surface area contributed by atoms with Crippen LogP contribution in [0.2, 0.25) is 0 Å². The molecule has 0 aromatic rings. The van der Waals surface area contributed by atoms with Crippen molar-refractivity contribution in [1.82, 2.24) is 0 Å². The molecule has 0 rings (SSSR count). The normalized spacial score (nSPS) is 14.0. The van der Waals surface area contributed by atoms with Gasteiger partial charge in [-0.1, -0.05) is 308 Å². The minimum atomic E-state index is -4.97. The molecule has 0 aliphatic carbocycles. The molecule has 3 N–H and O–H groups in total. The third-order valence-electron chi connectivity index (χ3n) is 18.1. The maximum absolute atomic E-state index is 13.1. The summed E-state index contributed by atoms with van der Waals surface area (Å²) >= 11 is 0. The third-order valence-corrected chi connectivity index (χ3v) is 20.0. The summed E-state index contributed by atoms with van der Waals surface area (Å²) in [6.45, 7) is 4.94. The monoisotopic (exact) mass is 1460 g/mol. The van der Waals surface area contributed by atoms with Crippen LogP contribution in [0.3, 0.4) is 0 Å². The average molecular weight is 1460 g/mol. The Hall–Kier alpha value is -2.72. The number of unbranched alkanes of at least 4 members (excludes halogenated alkanes) is 47. The van der Waals surface area contributed by atoms with Crippen molar-refractivity contribution in [1.29, 1.82) is 0 Å². The molecule has 0 aliphatic heterocycles. The Morgan fingerprint density at radius 1 is 0.270 bits per heavy atom. The van der Waals surface area contributed by atoms with Crippen LogP contribution < -0.4 is 0 Å². The molecule has 0 aromatic heterocycles. The van der Waals surface area contributed by atoms with Crippen LogP contribution in [0.25, 0.3) is 0 Å². The lowest BCUT2D eigenvalue weighted by Crippen LogP contribution is -2.30. The molecule has 0 radical (unpaired) electrons. The Kier molecular flexibility index (Phi) is 72.5. The Bertz CT molecular complexity index is 2040. The second-order valence-corrected chi connectivity index (χ2v) is 31.0. The van der Waals surface area contributed by atoms with E-state index in [0.29, 0.717) is 25.7 Å². The summed E-state index contributed by atoms with van der Waals surface area (Å²) < 4.78 is 68.7. The zero-order chi connectivity index (χ0) is 73.2. The number of esters is 4. The van der Waals surface area contributed by atoms with Gasteiger partial charge in [-0.15, -0.1) is 0 Å². The maximum Gasteiger partial charge on any atom is 0.472 e. The quantitative estimate of drug-likeness (QED) is 0.0169. The Morgan fingerprint density at radius 3 is 0.690 bits per heavy atom. The Balaban J connectivity index is 5.32. The molecule has 5 atom stereocenters. The first-order valence-corrected chi connectivity index (χ1v) is 44.2. The van der Waals surface area contributed by atoms with E-state index in [0.717, 1.165) is 141 Å². The zero-order valence-corrected chi connectivity index (χ0v) is 66.2. The largest absolute Gasteiger partial charge is 0.472 e. The van der Waals surface area contributed by atoms with Crippen LogP contribution in [-0.4, -0.2) is 96.7 Å². The highest BCUT2D eigenvalue weighted by Gasteiger charge is 2.30. The first kappa shape index (κ1) is 97.3. The van der Waals surface area contributed by atoms with Crippen molar-refractivity contribution < 1.29 is 80.2 Å². The minimum absolute atomic E-state index is 0.0898. The number of ether oxygens (including phenoxy) is 4. The number of hydrogen-bond donors (Lipinski definition) is 3. The van der Waals surface area contributed by atoms with E-state index in [2.05, 4.69) is 64.2 Å². The van der Waals surface area contributed by atoms with Crippen molar-refractivity contribution >= 4 is 39.5 Å². The molecule has 0 aliphatic rings. The lowest BCUT2D eigenvalue weighted by molar-refractivity contribution is -0.161. The molecule has 17 nitrogen and oxygen atoms in total. The minimum Gasteiger partial charge on any atom is -0.462 e. The molecule has 0 aromatic carbocycles. The molecule has 588 valence electrons. The van der Waals surface area contributed by atoms with Gasteiger partial charge in [0.05, 0.1) is 26.4 Å². The molecule has 0 bridgehead atoms. The van der Waals surface area contributed by atoms with E-state index < -0.39 is 97.5 Å². The van der Waals surface area contributed by atoms with Gasteiger partial charge in [0.2, 0.25) is 0 Å². The van der Waals surface area contributed by atoms with Crippen LogP contribution in [0.5, 0.6) is 0 Å². The highest BCUT2D eigenvalue weighted by Crippen LogP contribution is 2.45. The molecule has 5 unspecified atom stereocenters. The van der Waals surface area contributed by atoms with Crippen LogP contribution in [0.15, 0.2) is 36.5 Å². The number of phosphoric ester groups is 2. The van der Waals surface area contributed by atoms with Gasteiger partial charge in [-0.25, -0.2) is 9.13 Å². The van der Waals surface area contributed by atoms with E-state index in [1.165, 1.54) is 180 Å². The zero-order valence-electron chi connectivity index (χ0n) is 64.4. The van der Waals surface area contributed by atoms with Gasteiger partial charge in [-0.3, -0.25) is 37.3 Å². The molecule has 0 saturated carbocycles. The summed E-state index contributed by atoms with van der Waals surface area (Å²) in [5.41, 5.74) is 0. The Morgan fingerprint density at radius 2 is 0.460 bits per heavy atom. The summed E-state index contributed by atoms with van der Waals surface area (Å²) in [5, 5.41) is 10.6. The van der Waals surface area contributed by atoms with Gasteiger partial charge in [-0.05, 0) is 103 Å². The number of carbonyl (C=O) groups excluding carboxylic acids is 4. The number of allylic oxidation sites excluding steroid dienone is 6. The number of rotatable bonds is 79. The van der Waals surface area contributed by atoms with E-state index in [4.69, 9.17) is 37.0 Å². The number of aliphatic hydroxyl groups is 1. The van der Waals surface area contributed by atoms with Crippen molar-refractivity contribution in [2.24, 2.45) is 0 Å². The van der Waals surface area contributed by atoms with Crippen LogP contribution in [0, 0.1) is 0 Å². The fourth-order valence-electron chi connectivity index (χ4n) is 11.7. The fraction of sp³-hybridized carbons (Fsp3) is 0.877. The maximum atomic E-state index is 13.1. The second kappa shape index (κ2) is 74.5. The highest BCUT2D eigenvalue weighted by atomic mass is 31.2. The molecule has 0 spiro atoms. The average Bonchev–Trinajstić information content (AvgIpc) is 1.01. The number of carbonyl (C=O) groups is 4. The summed E-state index contributed by atoms with van der Waals surface area (Å²) in [7, 11) is -9.94. The smallest absolute Gasteiger partial charge is 0.462 e. The van der Waals surface area contributed by atoms with E-state index in [-0.39, 0.29) is 25.7 Å². The Labute approximate surface area is 611 Å². The molecule has 0 fully saturated rings. The fourth-order valence-corrected chi connectivity index (χ4v) is 13.3. The van der Waals surface area contributed by atoms with Gasteiger partial charge >= 0.3 is 39.5 Å². The van der Waals surface area contributed by atoms with Gasteiger partial charge < -0.3 is 33.8 Å². The first-order valence-electron chi connectivity index (χ1n) is 41.2. The van der Waals surface area contributed by atoms with E-state index in [1.807, 2.05) is 0 Å². The predicted molar refractivity (Wildman–Crippen MR) is 409 cm³/mol. The predicted octanol–water partition coefficient (Wildman–Crippen LogP) is 23.9. The van der Waals surface area contributed by atoms with Crippen molar-refractivity contribution in [3.63, 3.8) is 0 Å². The van der Waals surface area contributed by atoms with Gasteiger partial charge in [0.15, 0.2) is 12.2 Å². The first-order chi connectivity index (χ1) is 48.7. The third kappa shape index (κ3) is 73.6. The van der Waals surface area contributed by atoms with E-state index in [9.17, 15) is 43.2 Å². The van der Waals surface area contributed by atoms with Crippen LogP contribution in [-0.2, 0) is 65.4 Å². The molecular formula is C81H152O17P2. The molecule has 100 heavy (non-hydrogen) atoms. The van der Waals surface area contributed by atoms with Crippen molar-refractivity contribution in [2.45, 2.75) is 418 Å². The summed E-state index contributed by atoms with van der Waals surface area (Å²) in [5.74, 6) is -2.16. The summed E-state index contributed by atoms with van der Waals surface area (Å²) in [4.78, 5) is 73.0. The van der Waals surface area contributed by atoms with Crippen molar-refractivity contribution in [3.05, 3.63) is 36.5 Å². The topological polar surface area (TPSA) is 237 Å². The lowest BCUT2D eigenvalue weighted by Gasteiger charge is -2.21. The number of aliphatic hydroxyl groups excluding tert-OH is 1. The van der Waals surface area contributed by atoms with Gasteiger partial charge in [0.1, 0.15) is 19.3 Å². The van der Waals surface area contributed by atoms with E-state index in [1.54, 1.807) is 0 Å². The van der Waals surface area contributed by atoms with Gasteiger partial charge in [0.25, 0.3) is 0 Å². The van der Waals surface area contributed by atoms with Crippen LogP contribution in [0.1, 0.15) is 400 Å². The second-order valence-electron chi connectivity index (χ2n) is 28.1. The summed E-state index contributed by atoms with van der Waals surface area (Å²) in [6.07, 6.45) is 71.1. The lowest BCUT2D eigenvalue weighted by atomic mass is 10.0. The van der Waals surface area contributed by atoms with E-state index >= 15 is 0 Å². The molecular weight excluding hydrogens is 1310 g/mol. The SMILES string of the molecule is CCCCCCCC/C=C\CCCCCCCC(=O)OCC(COP(=O)(O)OCC(O)COP(=O)(O)OCC(COC(=O)CCCCCCC/C=C\CCCCCCCC)OC(=O)CCCCCCCCCCCCCCCCC)OC(=O)CCCCCCC/C=C\CCCCCCCC. The van der Waals surface area contributed by atoms with Gasteiger partial charge in [0, 0.05) is 25.7 Å². The molecule has 19 heteroatoms. The number of phosphoric acid groups is 2. The summed E-state index contributed by atoms with van der Waals surface area (Å²) in [6, 6.07) is 0. The van der Waals surface area contributed by atoms with Crippen molar-refractivity contribution in [2.75, 3.05) is 39.6 Å². The molecule has 0 heterocycles. The van der Waals surface area contributed by atoms with Crippen molar-refractivity contribution in [3.8, 4) is 0 Å². The molecule has 0 amide bonds. The van der Waals surface area contributed by atoms with Crippen LogP contribution in [0.4, 0.5) is 0 Å². The number of hydrogen-bond acceptors (Lipinski definition) is 15. The van der Waals surface area contributed by atoms with Crippen LogP contribution >= 0.6 is 15.6 Å².